The van der Waals surface area contributed by atoms with E-state index >= 15 is 0 Å². The normalized spacial score (nSPS) is 16.8. The van der Waals surface area contributed by atoms with Crippen LogP contribution in [0.25, 0.3) is 10.8 Å². The number of nitrogens with zero attached hydrogens (tertiary/aromatic N) is 3. The number of nitrogens with one attached hydrogen (secondary N) is 1. The molecule has 2 atom stereocenters. The van der Waals surface area contributed by atoms with Crippen LogP contribution in [0.2, 0.25) is 0 Å². The molecule has 4 rings (SSSR count). The fourth-order valence-electron chi connectivity index (χ4n) is 4.07. The minimum atomic E-state index is -1.08. The Morgan fingerprint density at radius 1 is 1.24 bits per heavy atom. The predicted octanol–water partition coefficient (Wildman–Crippen LogP) is 1.75. The molecule has 170 valence electrons. The lowest BCUT2D eigenvalue weighted by Gasteiger charge is -2.48. The molecule has 9 heteroatoms. The third-order valence-corrected chi connectivity index (χ3v) is 5.84. The summed E-state index contributed by atoms with van der Waals surface area (Å²) in [4.78, 5) is 40.4. The molecule has 0 aliphatic carbocycles. The molecule has 1 aliphatic heterocycles. The Morgan fingerprint density at radius 3 is 2.70 bits per heavy atom. The molecule has 1 fully saturated rings. The van der Waals surface area contributed by atoms with Crippen LogP contribution in [0.15, 0.2) is 60.8 Å². The third-order valence-electron chi connectivity index (χ3n) is 5.84. The summed E-state index contributed by atoms with van der Waals surface area (Å²) in [5.74, 6) is -0.840. The number of carboxylic acids is 1. The Bertz CT molecular complexity index is 1170. The number of carboxylic acid groups (broad SMARTS) is 1. The van der Waals surface area contributed by atoms with Gasteiger partial charge in [0, 0.05) is 24.7 Å². The summed E-state index contributed by atoms with van der Waals surface area (Å²) < 4.78 is 0. The fourth-order valence-corrected chi connectivity index (χ4v) is 4.07. The van der Waals surface area contributed by atoms with Gasteiger partial charge >= 0.3 is 5.97 Å². The second-order valence-electron chi connectivity index (χ2n) is 7.92. The van der Waals surface area contributed by atoms with Crippen LogP contribution >= 0.6 is 0 Å². The molecule has 2 heterocycles. The van der Waals surface area contributed by atoms with E-state index in [-0.39, 0.29) is 12.5 Å². The quantitative estimate of drug-likeness (QED) is 0.423. The molecule has 33 heavy (non-hydrogen) atoms. The highest BCUT2D eigenvalue weighted by atomic mass is 16.4. The lowest BCUT2D eigenvalue weighted by atomic mass is 10.0. The summed E-state index contributed by atoms with van der Waals surface area (Å²) in [7, 11) is 0. The number of aromatic nitrogens is 1. The zero-order chi connectivity index (χ0) is 23.4. The Balaban J connectivity index is 1.46. The maximum atomic E-state index is 12.9. The van der Waals surface area contributed by atoms with E-state index in [1.165, 1.54) is 5.01 Å². The highest BCUT2D eigenvalue weighted by molar-refractivity contribution is 5.91. The SMILES string of the molecule is Nc1nccc2cc(CNC(=O)[C@@H]3CCN3N(CC(=O)O)[C@@H](C=O)c3ccccc3)ccc12. The molecule has 1 saturated heterocycles. The van der Waals surface area contributed by atoms with Crippen molar-refractivity contribution >= 4 is 34.8 Å². The first-order valence-electron chi connectivity index (χ1n) is 10.6. The van der Waals surface area contributed by atoms with Crippen molar-refractivity contribution in [1.82, 2.24) is 20.3 Å². The van der Waals surface area contributed by atoms with E-state index in [0.717, 1.165) is 16.3 Å². The van der Waals surface area contributed by atoms with Gasteiger partial charge in [0.2, 0.25) is 5.91 Å². The van der Waals surface area contributed by atoms with Crippen LogP contribution < -0.4 is 11.1 Å². The molecule has 0 radical (unpaired) electrons. The molecule has 3 aromatic rings. The van der Waals surface area contributed by atoms with Gasteiger partial charge in [0.05, 0.1) is 0 Å². The average molecular weight is 447 g/mol. The lowest BCUT2D eigenvalue weighted by Crippen LogP contribution is -2.64. The van der Waals surface area contributed by atoms with Crippen LogP contribution in [-0.2, 0) is 20.9 Å². The second-order valence-corrected chi connectivity index (χ2v) is 7.92. The van der Waals surface area contributed by atoms with Gasteiger partial charge in [-0.3, -0.25) is 9.59 Å². The van der Waals surface area contributed by atoms with Gasteiger partial charge in [-0.25, -0.2) is 15.0 Å². The Morgan fingerprint density at radius 2 is 2.03 bits per heavy atom. The molecule has 1 amide bonds. The molecule has 1 aliphatic rings. The van der Waals surface area contributed by atoms with E-state index in [0.29, 0.717) is 37.2 Å². The van der Waals surface area contributed by atoms with Crippen molar-refractivity contribution < 1.29 is 19.5 Å². The lowest BCUT2D eigenvalue weighted by molar-refractivity contribution is -0.175. The molecular weight excluding hydrogens is 422 g/mol. The molecule has 1 aromatic heterocycles. The molecule has 9 nitrogen and oxygen atoms in total. The first-order valence-corrected chi connectivity index (χ1v) is 10.6. The largest absolute Gasteiger partial charge is 0.480 e. The first kappa shape index (κ1) is 22.4. The molecule has 0 saturated carbocycles. The minimum absolute atomic E-state index is 0.219. The number of aldehydes is 1. The number of anilines is 1. The van der Waals surface area contributed by atoms with Crippen LogP contribution in [0.4, 0.5) is 5.82 Å². The number of pyridine rings is 1. The summed E-state index contributed by atoms with van der Waals surface area (Å²) in [5.41, 5.74) is 7.47. The number of carbonyl (C=O) groups excluding carboxylic acids is 2. The van der Waals surface area contributed by atoms with Crippen LogP contribution in [0.5, 0.6) is 0 Å². The summed E-state index contributed by atoms with van der Waals surface area (Å²) >= 11 is 0. The van der Waals surface area contributed by atoms with Crippen molar-refractivity contribution in [3.8, 4) is 0 Å². The topological polar surface area (TPSA) is 129 Å². The highest BCUT2D eigenvalue weighted by Crippen LogP contribution is 2.28. The molecular formula is C24H25N5O4. The van der Waals surface area contributed by atoms with E-state index in [1.54, 1.807) is 35.5 Å². The molecule has 0 spiro atoms. The fraction of sp³-hybridized carbons (Fsp3) is 0.250. The number of hydrogen-bond acceptors (Lipinski definition) is 7. The van der Waals surface area contributed by atoms with E-state index < -0.39 is 18.1 Å². The number of carbonyl (C=O) groups is 3. The number of amides is 1. The van der Waals surface area contributed by atoms with Crippen LogP contribution in [0, 0.1) is 0 Å². The number of benzene rings is 2. The number of aliphatic carboxylic acids is 1. The van der Waals surface area contributed by atoms with Gasteiger partial charge in [0.1, 0.15) is 30.7 Å². The first-order chi connectivity index (χ1) is 16.0. The number of nitrogens with two attached hydrogens (primary N) is 1. The van der Waals surface area contributed by atoms with E-state index in [4.69, 9.17) is 5.73 Å². The molecule has 0 unspecified atom stereocenters. The Labute approximate surface area is 190 Å². The maximum absolute atomic E-state index is 12.9. The van der Waals surface area contributed by atoms with Crippen molar-refractivity contribution in [3.05, 3.63) is 71.9 Å². The summed E-state index contributed by atoms with van der Waals surface area (Å²) in [6, 6.07) is 15.2. The number of hydrazine groups is 1. The third kappa shape index (κ3) is 4.84. The van der Waals surface area contributed by atoms with Gasteiger partial charge in [-0.05, 0) is 35.1 Å². The van der Waals surface area contributed by atoms with Gasteiger partial charge in [-0.1, -0.05) is 42.5 Å². The van der Waals surface area contributed by atoms with Gasteiger partial charge in [-0.15, -0.1) is 0 Å². The van der Waals surface area contributed by atoms with E-state index in [9.17, 15) is 19.5 Å². The molecule has 4 N–H and O–H groups in total. The summed E-state index contributed by atoms with van der Waals surface area (Å²) in [6.45, 7) is 0.420. The maximum Gasteiger partial charge on any atom is 0.319 e. The molecule has 0 bridgehead atoms. The minimum Gasteiger partial charge on any atom is -0.480 e. The standard InChI is InChI=1S/C24H25N5O4/c25-23-19-7-6-16(12-18(19)8-10-26-23)13-27-24(33)20-9-11-28(20)29(14-22(31)32)21(15-30)17-4-2-1-3-5-17/h1-8,10,12,15,20-21H,9,11,13-14H2,(H2,25,26)(H,27,33)(H,31,32)/t20-,21-/m0/s1. The van der Waals surface area contributed by atoms with Crippen LogP contribution in [0.3, 0.4) is 0 Å². The van der Waals surface area contributed by atoms with Gasteiger partial charge in [0.15, 0.2) is 0 Å². The summed E-state index contributed by atoms with van der Waals surface area (Å²) in [5, 5.41) is 17.3. The number of rotatable bonds is 9. The zero-order valence-corrected chi connectivity index (χ0v) is 17.9. The smallest absolute Gasteiger partial charge is 0.319 e. The van der Waals surface area contributed by atoms with Gasteiger partial charge in [-0.2, -0.15) is 0 Å². The Kier molecular flexibility index (Phi) is 6.62. The average Bonchev–Trinajstić information content (AvgIpc) is 2.78. The highest BCUT2D eigenvalue weighted by Gasteiger charge is 2.41. The van der Waals surface area contributed by atoms with E-state index in [2.05, 4.69) is 10.3 Å². The summed E-state index contributed by atoms with van der Waals surface area (Å²) in [6.07, 6.45) is 2.92. The molecule has 2 aromatic carbocycles. The predicted molar refractivity (Wildman–Crippen MR) is 123 cm³/mol. The monoisotopic (exact) mass is 447 g/mol. The Hall–Kier alpha value is -3.82. The number of hydrogen-bond donors (Lipinski definition) is 3. The van der Waals surface area contributed by atoms with Crippen molar-refractivity contribution in [3.63, 3.8) is 0 Å². The van der Waals surface area contributed by atoms with Crippen molar-refractivity contribution in [1.29, 1.82) is 0 Å². The number of fused-ring (bicyclic) bond motifs is 1. The second kappa shape index (κ2) is 9.76. The van der Waals surface area contributed by atoms with Crippen LogP contribution in [-0.4, -0.2) is 57.4 Å². The van der Waals surface area contributed by atoms with Gasteiger partial charge < -0.3 is 21.0 Å². The van der Waals surface area contributed by atoms with Gasteiger partial charge in [0.25, 0.3) is 0 Å². The zero-order valence-electron chi connectivity index (χ0n) is 17.9. The van der Waals surface area contributed by atoms with Crippen molar-refractivity contribution in [2.75, 3.05) is 18.8 Å². The van der Waals surface area contributed by atoms with Crippen LogP contribution in [0.1, 0.15) is 23.6 Å². The number of nitrogen functional groups attached to an aromatic ring is 1. The van der Waals surface area contributed by atoms with Crippen molar-refractivity contribution in [2.45, 2.75) is 25.0 Å². The van der Waals surface area contributed by atoms with Crippen molar-refractivity contribution in [2.24, 2.45) is 0 Å². The van der Waals surface area contributed by atoms with E-state index in [1.807, 2.05) is 30.3 Å².